The molecule has 0 unspecified atom stereocenters. The first-order valence-corrected chi connectivity index (χ1v) is 9.65. The molecule has 0 spiro atoms. The molecular weight excluding hydrogens is 368 g/mol. The molecule has 5 N–H and O–H groups in total. The highest BCUT2D eigenvalue weighted by Gasteiger charge is 2.19. The van der Waals surface area contributed by atoms with Crippen LogP contribution in [0.15, 0.2) is 47.1 Å². The Balaban J connectivity index is 1.86. The van der Waals surface area contributed by atoms with Crippen molar-refractivity contribution in [1.29, 1.82) is 0 Å². The lowest BCUT2D eigenvalue weighted by molar-refractivity contribution is -0.123. The zero-order valence-corrected chi connectivity index (χ0v) is 15.7. The van der Waals surface area contributed by atoms with Crippen molar-refractivity contribution < 1.29 is 18.8 Å². The maximum atomic E-state index is 12.2. The fourth-order valence-electron chi connectivity index (χ4n) is 2.29. The second-order valence-corrected chi connectivity index (χ2v) is 6.67. The quantitative estimate of drug-likeness (QED) is 0.520. The van der Waals surface area contributed by atoms with E-state index in [1.807, 2.05) is 6.26 Å². The van der Waals surface area contributed by atoms with Crippen molar-refractivity contribution in [1.82, 2.24) is 10.6 Å². The molecule has 2 rings (SSSR count). The number of urea groups is 1. The lowest BCUT2D eigenvalue weighted by Crippen LogP contribution is -2.48. The second-order valence-electron chi connectivity index (χ2n) is 5.69. The Kier molecular flexibility index (Phi) is 7.75. The standard InChI is InChI=1S/C18H22N4O4S/c1-27-10-8-14(22-18(19)25)16(23)20-11-12-4-6-13(7-5-12)21-17(24)15-3-2-9-26-15/h2-7,9,14H,8,10-11H2,1H3,(H,20,23)(H,21,24)(H3,19,22,25)/t14-/m1/s1. The third-order valence-electron chi connectivity index (χ3n) is 3.67. The molecule has 0 aliphatic heterocycles. The zero-order valence-electron chi connectivity index (χ0n) is 14.9. The Morgan fingerprint density at radius 1 is 1.19 bits per heavy atom. The second kappa shape index (κ2) is 10.3. The topological polar surface area (TPSA) is 126 Å². The van der Waals surface area contributed by atoms with Gasteiger partial charge < -0.3 is 26.1 Å². The van der Waals surface area contributed by atoms with Crippen LogP contribution in [0.5, 0.6) is 0 Å². The summed E-state index contributed by atoms with van der Waals surface area (Å²) in [7, 11) is 0. The van der Waals surface area contributed by atoms with Gasteiger partial charge in [-0.2, -0.15) is 11.8 Å². The predicted molar refractivity (Wildman–Crippen MR) is 104 cm³/mol. The van der Waals surface area contributed by atoms with Crippen molar-refractivity contribution in [2.75, 3.05) is 17.3 Å². The van der Waals surface area contributed by atoms with Crippen LogP contribution in [0.3, 0.4) is 0 Å². The van der Waals surface area contributed by atoms with Gasteiger partial charge in [-0.15, -0.1) is 0 Å². The van der Waals surface area contributed by atoms with Gasteiger partial charge >= 0.3 is 6.03 Å². The summed E-state index contributed by atoms with van der Waals surface area (Å²) in [4.78, 5) is 35.2. The number of hydrogen-bond acceptors (Lipinski definition) is 5. The van der Waals surface area contributed by atoms with E-state index in [0.717, 1.165) is 11.3 Å². The van der Waals surface area contributed by atoms with Crippen LogP contribution in [0.2, 0.25) is 0 Å². The van der Waals surface area contributed by atoms with Crippen molar-refractivity contribution in [3.63, 3.8) is 0 Å². The van der Waals surface area contributed by atoms with Gasteiger partial charge in [0.15, 0.2) is 5.76 Å². The molecule has 0 aliphatic rings. The van der Waals surface area contributed by atoms with Crippen LogP contribution in [0.4, 0.5) is 10.5 Å². The smallest absolute Gasteiger partial charge is 0.312 e. The molecule has 4 amide bonds. The largest absolute Gasteiger partial charge is 0.459 e. The predicted octanol–water partition coefficient (Wildman–Crippen LogP) is 1.94. The molecule has 1 aromatic heterocycles. The summed E-state index contributed by atoms with van der Waals surface area (Å²) in [5.74, 6) is 0.320. The number of rotatable bonds is 9. The number of nitrogens with one attached hydrogen (secondary N) is 3. The number of primary amides is 1. The first-order valence-electron chi connectivity index (χ1n) is 8.26. The van der Waals surface area contributed by atoms with Gasteiger partial charge in [-0.1, -0.05) is 12.1 Å². The Labute approximate surface area is 161 Å². The molecule has 8 nitrogen and oxygen atoms in total. The molecule has 0 aliphatic carbocycles. The number of benzene rings is 1. The van der Waals surface area contributed by atoms with Gasteiger partial charge in [-0.05, 0) is 48.3 Å². The highest BCUT2D eigenvalue weighted by atomic mass is 32.2. The van der Waals surface area contributed by atoms with E-state index < -0.39 is 12.1 Å². The summed E-state index contributed by atoms with van der Waals surface area (Å²) < 4.78 is 5.03. The Bertz CT molecular complexity index is 762. The molecular formula is C18H22N4O4S. The average Bonchev–Trinajstić information content (AvgIpc) is 3.19. The van der Waals surface area contributed by atoms with E-state index in [4.69, 9.17) is 10.2 Å². The van der Waals surface area contributed by atoms with Gasteiger partial charge in [0.25, 0.3) is 5.91 Å². The van der Waals surface area contributed by atoms with Gasteiger partial charge in [0.05, 0.1) is 6.26 Å². The molecule has 1 aromatic carbocycles. The van der Waals surface area contributed by atoms with E-state index in [1.165, 1.54) is 6.26 Å². The van der Waals surface area contributed by atoms with Crippen molar-refractivity contribution in [2.45, 2.75) is 19.0 Å². The van der Waals surface area contributed by atoms with E-state index in [9.17, 15) is 14.4 Å². The van der Waals surface area contributed by atoms with Gasteiger partial charge in [-0.3, -0.25) is 9.59 Å². The van der Waals surface area contributed by atoms with E-state index >= 15 is 0 Å². The SMILES string of the molecule is CSCC[C@@H](NC(N)=O)C(=O)NCc1ccc(NC(=O)c2ccco2)cc1. The molecule has 0 bridgehead atoms. The van der Waals surface area contributed by atoms with E-state index in [0.29, 0.717) is 18.7 Å². The molecule has 27 heavy (non-hydrogen) atoms. The van der Waals surface area contributed by atoms with Gasteiger partial charge in [-0.25, -0.2) is 4.79 Å². The zero-order chi connectivity index (χ0) is 19.6. The number of anilines is 1. The van der Waals surface area contributed by atoms with Crippen molar-refractivity contribution in [2.24, 2.45) is 5.73 Å². The maximum Gasteiger partial charge on any atom is 0.312 e. The highest BCUT2D eigenvalue weighted by Crippen LogP contribution is 2.12. The van der Waals surface area contributed by atoms with Crippen LogP contribution < -0.4 is 21.7 Å². The summed E-state index contributed by atoms with van der Waals surface area (Å²) in [5.41, 5.74) is 6.58. The van der Waals surface area contributed by atoms with Crippen LogP contribution in [0.1, 0.15) is 22.5 Å². The fourth-order valence-corrected chi connectivity index (χ4v) is 2.77. The number of thioether (sulfide) groups is 1. The minimum absolute atomic E-state index is 0.226. The van der Waals surface area contributed by atoms with Crippen LogP contribution >= 0.6 is 11.8 Å². The van der Waals surface area contributed by atoms with Crippen LogP contribution in [0, 0.1) is 0 Å². The Hall–Kier alpha value is -2.94. The summed E-state index contributed by atoms with van der Waals surface area (Å²) in [6.45, 7) is 0.293. The number of hydrogen-bond donors (Lipinski definition) is 4. The first-order chi connectivity index (χ1) is 13.0. The van der Waals surface area contributed by atoms with Gasteiger partial charge in [0, 0.05) is 12.2 Å². The molecule has 144 valence electrons. The fraction of sp³-hybridized carbons (Fsp3) is 0.278. The van der Waals surface area contributed by atoms with Crippen molar-refractivity contribution >= 4 is 35.3 Å². The molecule has 0 saturated heterocycles. The maximum absolute atomic E-state index is 12.2. The van der Waals surface area contributed by atoms with E-state index in [-0.39, 0.29) is 17.6 Å². The molecule has 2 aromatic rings. The number of furan rings is 1. The summed E-state index contributed by atoms with van der Waals surface area (Å²) >= 11 is 1.58. The van der Waals surface area contributed by atoms with E-state index in [1.54, 1.807) is 48.2 Å². The number of carbonyl (C=O) groups excluding carboxylic acids is 3. The average molecular weight is 390 g/mol. The van der Waals surface area contributed by atoms with Crippen molar-refractivity contribution in [3.8, 4) is 0 Å². The molecule has 0 fully saturated rings. The third-order valence-corrected chi connectivity index (χ3v) is 4.31. The molecule has 0 saturated carbocycles. The summed E-state index contributed by atoms with van der Waals surface area (Å²) in [6, 6.07) is 8.86. The van der Waals surface area contributed by atoms with Crippen LogP contribution in [-0.2, 0) is 11.3 Å². The lowest BCUT2D eigenvalue weighted by atomic mass is 10.1. The monoisotopic (exact) mass is 390 g/mol. The van der Waals surface area contributed by atoms with Crippen molar-refractivity contribution in [3.05, 3.63) is 54.0 Å². The van der Waals surface area contributed by atoms with Crippen LogP contribution in [0.25, 0.3) is 0 Å². The highest BCUT2D eigenvalue weighted by molar-refractivity contribution is 7.98. The summed E-state index contributed by atoms with van der Waals surface area (Å²) in [6.07, 6.45) is 3.85. The minimum atomic E-state index is -0.729. The summed E-state index contributed by atoms with van der Waals surface area (Å²) in [5, 5.41) is 7.94. The Morgan fingerprint density at radius 3 is 2.52 bits per heavy atom. The molecule has 1 atom stereocenters. The van der Waals surface area contributed by atoms with Gasteiger partial charge in [0.2, 0.25) is 5.91 Å². The van der Waals surface area contributed by atoms with E-state index in [2.05, 4.69) is 16.0 Å². The lowest BCUT2D eigenvalue weighted by Gasteiger charge is -2.17. The molecule has 9 heteroatoms. The Morgan fingerprint density at radius 2 is 1.93 bits per heavy atom. The molecule has 1 heterocycles. The number of nitrogens with two attached hydrogens (primary N) is 1. The number of carbonyl (C=O) groups is 3. The minimum Gasteiger partial charge on any atom is -0.459 e. The first kappa shape index (κ1) is 20.4. The third kappa shape index (κ3) is 6.70. The van der Waals surface area contributed by atoms with Gasteiger partial charge in [0.1, 0.15) is 6.04 Å². The normalized spacial score (nSPS) is 11.4. The number of amides is 4. The van der Waals surface area contributed by atoms with Crippen LogP contribution in [-0.4, -0.2) is 35.9 Å². The molecule has 0 radical (unpaired) electrons.